The summed E-state index contributed by atoms with van der Waals surface area (Å²) in [4.78, 5) is 4.06. The van der Waals surface area contributed by atoms with E-state index in [1.807, 2.05) is 0 Å². The highest BCUT2D eigenvalue weighted by Crippen LogP contribution is 2.14. The lowest BCUT2D eigenvalue weighted by Gasteiger charge is -2.09. The second-order valence-electron chi connectivity index (χ2n) is 4.14. The van der Waals surface area contributed by atoms with Gasteiger partial charge in [0.25, 0.3) is 0 Å². The van der Waals surface area contributed by atoms with Gasteiger partial charge in [0.1, 0.15) is 0 Å². The molecule has 0 saturated carbocycles. The van der Waals surface area contributed by atoms with Gasteiger partial charge in [0.15, 0.2) is 5.82 Å². The Labute approximate surface area is 116 Å². The van der Waals surface area contributed by atoms with E-state index >= 15 is 0 Å². The molecule has 0 atom stereocenters. The molecule has 1 aromatic heterocycles. The molecule has 108 valence electrons. The zero-order valence-electron chi connectivity index (χ0n) is 10.9. The lowest BCUT2D eigenvalue weighted by atomic mass is 10.2. The van der Waals surface area contributed by atoms with Gasteiger partial charge < -0.3 is 9.63 Å². The molecule has 2 N–H and O–H groups in total. The lowest BCUT2D eigenvalue weighted by molar-refractivity contribution is 0.278. The average Bonchev–Trinajstić information content (AvgIpc) is 2.84. The van der Waals surface area contributed by atoms with Crippen LogP contribution in [-0.2, 0) is 23.1 Å². The summed E-state index contributed by atoms with van der Waals surface area (Å²) in [5.41, 5.74) is 0.357. The minimum absolute atomic E-state index is 0.0757. The van der Waals surface area contributed by atoms with E-state index in [0.717, 1.165) is 0 Å². The maximum Gasteiger partial charge on any atom is 0.240 e. The maximum absolute atomic E-state index is 12.1. The van der Waals surface area contributed by atoms with Crippen LogP contribution in [0.15, 0.2) is 33.7 Å². The van der Waals surface area contributed by atoms with Crippen LogP contribution >= 0.6 is 0 Å². The van der Waals surface area contributed by atoms with E-state index < -0.39 is 10.0 Å². The smallest absolute Gasteiger partial charge is 0.240 e. The fourth-order valence-corrected chi connectivity index (χ4v) is 2.98. The van der Waals surface area contributed by atoms with E-state index in [9.17, 15) is 8.42 Å². The summed E-state index contributed by atoms with van der Waals surface area (Å²) < 4.78 is 31.5. The molecule has 0 spiro atoms. The highest BCUT2D eigenvalue weighted by Gasteiger charge is 2.17. The number of benzene rings is 1. The van der Waals surface area contributed by atoms with E-state index in [-0.39, 0.29) is 18.0 Å². The first-order valence-electron chi connectivity index (χ1n) is 6.00. The van der Waals surface area contributed by atoms with Crippen LogP contribution in [0.25, 0.3) is 0 Å². The molecule has 2 aromatic rings. The average molecular weight is 297 g/mol. The third-order valence-electron chi connectivity index (χ3n) is 2.64. The van der Waals surface area contributed by atoms with Gasteiger partial charge in [-0.3, -0.25) is 0 Å². The van der Waals surface area contributed by atoms with Crippen LogP contribution in [0.4, 0.5) is 0 Å². The van der Waals surface area contributed by atoms with Crippen molar-refractivity contribution in [1.29, 1.82) is 0 Å². The molecule has 0 saturated heterocycles. The number of aliphatic hydroxyl groups excluding tert-OH is 1. The van der Waals surface area contributed by atoms with E-state index in [0.29, 0.717) is 23.7 Å². The molecule has 0 aliphatic heterocycles. The van der Waals surface area contributed by atoms with Crippen LogP contribution in [0.1, 0.15) is 17.3 Å². The zero-order chi connectivity index (χ0) is 14.6. The molecule has 0 unspecified atom stereocenters. The summed E-state index contributed by atoms with van der Waals surface area (Å²) in [6.45, 7) is 1.49. The first-order valence-corrected chi connectivity index (χ1v) is 7.49. The van der Waals surface area contributed by atoms with Crippen LogP contribution in [0.5, 0.6) is 0 Å². The van der Waals surface area contributed by atoms with Gasteiger partial charge in [-0.1, -0.05) is 23.4 Å². The molecule has 7 nitrogen and oxygen atoms in total. The van der Waals surface area contributed by atoms with Crippen molar-refractivity contribution >= 4 is 10.0 Å². The van der Waals surface area contributed by atoms with Crippen molar-refractivity contribution in [3.8, 4) is 0 Å². The predicted octanol–water partition coefficient (Wildman–Crippen LogP) is 0.391. The molecule has 20 heavy (non-hydrogen) atoms. The Bertz CT molecular complexity index is 682. The Balaban J connectivity index is 2.04. The molecule has 0 aliphatic carbocycles. The zero-order valence-corrected chi connectivity index (χ0v) is 11.7. The van der Waals surface area contributed by atoms with Crippen LogP contribution < -0.4 is 4.72 Å². The van der Waals surface area contributed by atoms with Gasteiger partial charge >= 0.3 is 0 Å². The molecule has 0 amide bonds. The normalized spacial score (nSPS) is 11.7. The Hall–Kier alpha value is -1.77. The number of aromatic nitrogens is 2. The molecule has 8 heteroatoms. The maximum atomic E-state index is 12.1. The number of nitrogens with one attached hydrogen (secondary N) is 1. The summed E-state index contributed by atoms with van der Waals surface area (Å²) >= 11 is 0. The molecule has 0 bridgehead atoms. The molecule has 0 aliphatic rings. The topological polar surface area (TPSA) is 105 Å². The number of rotatable bonds is 6. The minimum atomic E-state index is -3.66. The molecular weight excluding hydrogens is 282 g/mol. The number of hydrogen-bond donors (Lipinski definition) is 2. The SMILES string of the molecule is Cc1nc(CCNS(=O)(=O)c2ccccc2CO)no1. The minimum Gasteiger partial charge on any atom is -0.392 e. The number of sulfonamides is 1. The van der Waals surface area contributed by atoms with E-state index in [2.05, 4.69) is 14.9 Å². The molecular formula is C12H15N3O4S. The highest BCUT2D eigenvalue weighted by molar-refractivity contribution is 7.89. The molecule has 2 rings (SSSR count). The van der Waals surface area contributed by atoms with E-state index in [1.54, 1.807) is 25.1 Å². The van der Waals surface area contributed by atoms with Crippen molar-refractivity contribution in [3.05, 3.63) is 41.5 Å². The summed E-state index contributed by atoms with van der Waals surface area (Å²) in [7, 11) is -3.66. The Kier molecular flexibility index (Phi) is 4.48. The van der Waals surface area contributed by atoms with E-state index in [1.165, 1.54) is 6.07 Å². The Morgan fingerprint density at radius 2 is 2.10 bits per heavy atom. The van der Waals surface area contributed by atoms with Crippen molar-refractivity contribution in [2.45, 2.75) is 24.8 Å². The van der Waals surface area contributed by atoms with Gasteiger partial charge in [-0.2, -0.15) is 4.98 Å². The number of aliphatic hydroxyl groups is 1. The van der Waals surface area contributed by atoms with Crippen molar-refractivity contribution in [3.63, 3.8) is 0 Å². The van der Waals surface area contributed by atoms with Crippen molar-refractivity contribution in [1.82, 2.24) is 14.9 Å². The second-order valence-corrected chi connectivity index (χ2v) is 5.88. The first-order chi connectivity index (χ1) is 9.53. The largest absolute Gasteiger partial charge is 0.392 e. The first kappa shape index (κ1) is 14.6. The Morgan fingerprint density at radius 1 is 1.35 bits per heavy atom. The third-order valence-corrected chi connectivity index (χ3v) is 4.20. The fourth-order valence-electron chi connectivity index (χ4n) is 1.71. The van der Waals surface area contributed by atoms with Crippen molar-refractivity contribution < 1.29 is 18.0 Å². The van der Waals surface area contributed by atoms with Gasteiger partial charge in [-0.15, -0.1) is 0 Å². The molecule has 1 heterocycles. The van der Waals surface area contributed by atoms with Gasteiger partial charge in [-0.05, 0) is 11.6 Å². The monoisotopic (exact) mass is 297 g/mol. The summed E-state index contributed by atoms with van der Waals surface area (Å²) in [6.07, 6.45) is 0.331. The molecule has 0 fully saturated rings. The molecule has 0 radical (unpaired) electrons. The van der Waals surface area contributed by atoms with Crippen molar-refractivity contribution in [2.24, 2.45) is 0 Å². The van der Waals surface area contributed by atoms with Crippen LogP contribution in [0.3, 0.4) is 0 Å². The lowest BCUT2D eigenvalue weighted by Crippen LogP contribution is -2.27. The van der Waals surface area contributed by atoms with Crippen LogP contribution in [0, 0.1) is 6.92 Å². The quantitative estimate of drug-likeness (QED) is 0.799. The van der Waals surface area contributed by atoms with Crippen LogP contribution in [-0.4, -0.2) is 30.2 Å². The fraction of sp³-hybridized carbons (Fsp3) is 0.333. The summed E-state index contributed by atoms with van der Waals surface area (Å²) in [6, 6.07) is 6.30. The molecule has 1 aromatic carbocycles. The highest BCUT2D eigenvalue weighted by atomic mass is 32.2. The van der Waals surface area contributed by atoms with Crippen LogP contribution in [0.2, 0.25) is 0 Å². The number of nitrogens with zero attached hydrogens (tertiary/aromatic N) is 2. The van der Waals surface area contributed by atoms with Crippen molar-refractivity contribution in [2.75, 3.05) is 6.54 Å². The second kappa shape index (κ2) is 6.12. The van der Waals surface area contributed by atoms with Gasteiger partial charge in [0.2, 0.25) is 15.9 Å². The number of aryl methyl sites for hydroxylation is 1. The predicted molar refractivity (Wildman–Crippen MR) is 70.3 cm³/mol. The summed E-state index contributed by atoms with van der Waals surface area (Å²) in [5.74, 6) is 0.883. The van der Waals surface area contributed by atoms with Gasteiger partial charge in [0, 0.05) is 19.9 Å². The number of hydrogen-bond acceptors (Lipinski definition) is 6. The standard InChI is InChI=1S/C12H15N3O4S/c1-9-14-12(15-19-9)6-7-13-20(17,18)11-5-3-2-4-10(11)8-16/h2-5,13,16H,6-8H2,1H3. The van der Waals surface area contributed by atoms with Gasteiger partial charge in [0.05, 0.1) is 11.5 Å². The third kappa shape index (κ3) is 3.41. The summed E-state index contributed by atoms with van der Waals surface area (Å²) in [5, 5.41) is 12.8. The van der Waals surface area contributed by atoms with Gasteiger partial charge in [-0.25, -0.2) is 13.1 Å². The Morgan fingerprint density at radius 3 is 2.75 bits per heavy atom. The van der Waals surface area contributed by atoms with E-state index in [4.69, 9.17) is 9.63 Å².